The Kier molecular flexibility index (Phi) is 8.83. The molecule has 0 fully saturated rings. The molecular weight excluding hydrogens is 873 g/mol. The molecular formula is C47H46GeIrN2O-2. The van der Waals surface area contributed by atoms with Gasteiger partial charge in [0.25, 0.3) is 0 Å². The smallest absolute Gasteiger partial charge is 0.121 e. The van der Waals surface area contributed by atoms with Crippen molar-refractivity contribution in [1.29, 1.82) is 0 Å². The summed E-state index contributed by atoms with van der Waals surface area (Å²) in [5, 5.41) is 6.15. The number of nitrogens with zero attached hydrogens (tertiary/aromatic N) is 2. The molecule has 0 spiro atoms. The van der Waals surface area contributed by atoms with Gasteiger partial charge in [0.1, 0.15) is 5.58 Å². The molecule has 3 aromatic heterocycles. The first-order valence-electron chi connectivity index (χ1n) is 20.3. The van der Waals surface area contributed by atoms with Crippen LogP contribution in [0.25, 0.3) is 66.0 Å². The van der Waals surface area contributed by atoms with Gasteiger partial charge in [0.2, 0.25) is 0 Å². The van der Waals surface area contributed by atoms with E-state index in [1.54, 1.807) is 26.8 Å². The van der Waals surface area contributed by atoms with Gasteiger partial charge in [-0.15, -0.1) is 18.2 Å². The van der Waals surface area contributed by atoms with E-state index in [4.69, 9.17) is 12.6 Å². The summed E-state index contributed by atoms with van der Waals surface area (Å²) >= 11 is -2.03. The van der Waals surface area contributed by atoms with Gasteiger partial charge in [-0.3, -0.25) is 0 Å². The summed E-state index contributed by atoms with van der Waals surface area (Å²) in [5.74, 6) is 6.45. The number of rotatable bonds is 5. The number of hydrogen-bond donors (Lipinski definition) is 0. The molecule has 1 radical (unpaired) electrons. The minimum atomic E-state index is -2.03. The van der Waals surface area contributed by atoms with E-state index < -0.39 is 30.9 Å². The molecule has 0 atom stereocenters. The minimum Gasteiger partial charge on any atom is -0.501 e. The summed E-state index contributed by atoms with van der Waals surface area (Å²) < 4.78 is 59.2. The molecule has 0 aliphatic heterocycles. The molecule has 0 aliphatic carbocycles. The molecule has 5 heteroatoms. The van der Waals surface area contributed by atoms with Crippen LogP contribution in [0.1, 0.15) is 59.9 Å². The summed E-state index contributed by atoms with van der Waals surface area (Å²) in [6, 6.07) is 35.8. The van der Waals surface area contributed by atoms with Gasteiger partial charge < -0.3 is 9.40 Å². The van der Waals surface area contributed by atoms with E-state index in [2.05, 4.69) is 75.8 Å². The number of furan rings is 1. The molecule has 0 aliphatic rings. The van der Waals surface area contributed by atoms with Crippen molar-refractivity contribution in [2.24, 2.45) is 5.41 Å². The average Bonchev–Trinajstić information content (AvgIpc) is 3.52. The minimum absolute atomic E-state index is 0. The number of pyridine rings is 2. The van der Waals surface area contributed by atoms with Crippen LogP contribution in [0.2, 0.25) is 17.3 Å². The maximum Gasteiger partial charge on any atom is 0.121 e. The molecule has 0 unspecified atom stereocenters. The van der Waals surface area contributed by atoms with Gasteiger partial charge in [0.15, 0.2) is 0 Å². The van der Waals surface area contributed by atoms with Crippen LogP contribution in [-0.2, 0) is 26.5 Å². The molecule has 3 nitrogen and oxygen atoms in total. The van der Waals surface area contributed by atoms with E-state index in [-0.39, 0.29) is 49.6 Å². The molecule has 5 aromatic carbocycles. The van der Waals surface area contributed by atoms with Gasteiger partial charge in [-0.1, -0.05) is 79.7 Å². The van der Waals surface area contributed by atoms with E-state index in [0.717, 1.165) is 49.1 Å². The summed E-state index contributed by atoms with van der Waals surface area (Å²) in [5.41, 5.74) is 3.60. The van der Waals surface area contributed by atoms with Crippen LogP contribution in [0.5, 0.6) is 0 Å². The third kappa shape index (κ3) is 7.95. The van der Waals surface area contributed by atoms with Crippen molar-refractivity contribution in [2.45, 2.75) is 64.2 Å². The second-order valence-corrected chi connectivity index (χ2v) is 25.8. The van der Waals surface area contributed by atoms with Crippen molar-refractivity contribution in [1.82, 2.24) is 9.97 Å². The zero-order chi connectivity index (χ0) is 41.2. The van der Waals surface area contributed by atoms with E-state index in [1.807, 2.05) is 68.6 Å². The molecule has 0 amide bonds. The van der Waals surface area contributed by atoms with Crippen molar-refractivity contribution in [2.75, 3.05) is 0 Å². The van der Waals surface area contributed by atoms with Crippen LogP contribution < -0.4 is 4.40 Å². The fourth-order valence-corrected chi connectivity index (χ4v) is 9.78. The van der Waals surface area contributed by atoms with E-state index in [1.165, 1.54) is 4.40 Å². The van der Waals surface area contributed by atoms with Crippen LogP contribution in [0.4, 0.5) is 0 Å². The first kappa shape index (κ1) is 30.4. The molecule has 0 saturated heterocycles. The number of hydrogen-bond acceptors (Lipinski definition) is 3. The Morgan fingerprint density at radius 1 is 0.827 bits per heavy atom. The number of fused-ring (bicyclic) bond motifs is 6. The van der Waals surface area contributed by atoms with Crippen LogP contribution in [0.15, 0.2) is 120 Å². The average molecular weight is 926 g/mol. The van der Waals surface area contributed by atoms with Gasteiger partial charge >= 0.3 is 120 Å². The first-order valence-corrected chi connectivity index (χ1v) is 24.7. The summed E-state index contributed by atoms with van der Waals surface area (Å²) in [4.78, 5) is 8.87. The van der Waals surface area contributed by atoms with Crippen LogP contribution in [0.3, 0.4) is 0 Å². The second kappa shape index (κ2) is 15.1. The largest absolute Gasteiger partial charge is 0.501 e. The first-order chi connectivity index (χ1) is 26.7. The van der Waals surface area contributed by atoms with Gasteiger partial charge in [-0.2, -0.15) is 0 Å². The SMILES string of the molecule is [2H]C(C)(C)c1cc(-c2[c-]cccc2)nc[c]1[Ge]([CH3])([CH3])[CH3].[2H]c1nc(-c2[c-]ccc3c2oc2cc4c(ccc5ccccc54)cc23)c([2H])c(C([2H])([2H])C(C)(C)C)c1[2H].[Ir]. The maximum atomic E-state index is 8.91. The van der Waals surface area contributed by atoms with Gasteiger partial charge in [-0.05, 0) is 57.2 Å². The third-order valence-electron chi connectivity index (χ3n) is 8.86. The van der Waals surface area contributed by atoms with E-state index in [9.17, 15) is 0 Å². The molecule has 8 rings (SSSR count). The Morgan fingerprint density at radius 3 is 2.33 bits per heavy atom. The van der Waals surface area contributed by atoms with Crippen molar-refractivity contribution in [3.63, 3.8) is 0 Å². The monoisotopic (exact) mass is 927 g/mol. The van der Waals surface area contributed by atoms with Crippen molar-refractivity contribution < 1.29 is 32.7 Å². The predicted molar refractivity (Wildman–Crippen MR) is 220 cm³/mol. The maximum absolute atomic E-state index is 8.91. The normalized spacial score (nSPS) is 14.1. The van der Waals surface area contributed by atoms with E-state index >= 15 is 0 Å². The van der Waals surface area contributed by atoms with E-state index in [0.29, 0.717) is 16.7 Å². The summed E-state index contributed by atoms with van der Waals surface area (Å²) in [6.07, 6.45) is -0.412. The van der Waals surface area contributed by atoms with Crippen LogP contribution >= 0.6 is 0 Å². The zero-order valence-corrected chi connectivity index (χ0v) is 35.4. The third-order valence-corrected chi connectivity index (χ3v) is 13.1. The topological polar surface area (TPSA) is 38.9 Å². The predicted octanol–water partition coefficient (Wildman–Crippen LogP) is 12.6. The Hall–Kier alpha value is -4.09. The Balaban J connectivity index is 0.000000230. The number of aromatic nitrogens is 2. The summed E-state index contributed by atoms with van der Waals surface area (Å²) in [7, 11) is 0. The van der Waals surface area contributed by atoms with Crippen molar-refractivity contribution >= 4 is 61.1 Å². The zero-order valence-electron chi connectivity index (χ0n) is 36.9. The van der Waals surface area contributed by atoms with Crippen molar-refractivity contribution in [3.8, 4) is 22.5 Å². The molecule has 0 N–H and O–H groups in total. The fraction of sp³-hybridized carbons (Fsp3) is 0.234. The molecule has 0 saturated carbocycles. The van der Waals surface area contributed by atoms with Gasteiger partial charge in [0.05, 0.1) is 9.70 Å². The van der Waals surface area contributed by atoms with Gasteiger partial charge in [-0.25, -0.2) is 0 Å². The molecule has 52 heavy (non-hydrogen) atoms. The van der Waals surface area contributed by atoms with Crippen LogP contribution in [0, 0.1) is 17.5 Å². The Morgan fingerprint density at radius 2 is 1.60 bits per heavy atom. The fourth-order valence-electron chi connectivity index (χ4n) is 6.46. The quantitative estimate of drug-likeness (QED) is 0.0981. The summed E-state index contributed by atoms with van der Waals surface area (Å²) in [6.45, 7) is 9.07. The molecule has 3 heterocycles. The second-order valence-electron chi connectivity index (χ2n) is 15.3. The number of benzene rings is 5. The Labute approximate surface area is 333 Å². The molecule has 8 aromatic rings. The standard InChI is InChI=1S/C30H24NO.C17H22GeN.Ir/c1-30(2,3)18-19-13-14-31-27(15-19)24-10-6-9-23-26-16-21-12-11-20-7-4-5-8-22(20)25(21)17-28(26)32-29(23)24;1-13(2)15-11-17(14-9-7-6-8-10-14)19-12-16(15)18(3,4)5;/h4-9,11-17H,18H2,1-3H3;6-9,11-13H,1-5H3;/q2*-1;/i13D,14D,15D,18D2;13D;. The molecule has 0 bridgehead atoms. The molecule has 265 valence electrons. The van der Waals surface area contributed by atoms with Crippen LogP contribution in [-0.4, -0.2) is 23.2 Å². The van der Waals surface area contributed by atoms with Crippen molar-refractivity contribution in [3.05, 3.63) is 139 Å². The Bertz CT molecular complexity index is 2820. The van der Waals surface area contributed by atoms with Gasteiger partial charge in [0, 0.05) is 34.4 Å².